The van der Waals surface area contributed by atoms with E-state index in [1.54, 1.807) is 11.3 Å². The normalized spacial score (nSPS) is 19.3. The summed E-state index contributed by atoms with van der Waals surface area (Å²) in [4.78, 5) is 1.44. The summed E-state index contributed by atoms with van der Waals surface area (Å²) in [5.74, 6) is -0.0236. The zero-order valence-electron chi connectivity index (χ0n) is 11.6. The van der Waals surface area contributed by atoms with Crippen molar-refractivity contribution >= 4 is 38.9 Å². The number of benzene rings is 1. The van der Waals surface area contributed by atoms with Crippen molar-refractivity contribution in [1.82, 2.24) is 5.32 Å². The second-order valence-electron chi connectivity index (χ2n) is 5.33. The lowest BCUT2D eigenvalue weighted by Gasteiger charge is -2.31. The quantitative estimate of drug-likeness (QED) is 0.667. The maximum absolute atomic E-state index is 14.6. The smallest absolute Gasteiger partial charge is 0.147 e. The Morgan fingerprint density at radius 3 is 3.00 bits per heavy atom. The molecule has 21 heavy (non-hydrogen) atoms. The number of rotatable bonds is 3. The molecule has 0 aliphatic heterocycles. The van der Waals surface area contributed by atoms with Gasteiger partial charge in [0.25, 0.3) is 0 Å². The van der Waals surface area contributed by atoms with Crippen LogP contribution < -0.4 is 5.32 Å². The van der Waals surface area contributed by atoms with Crippen LogP contribution in [-0.2, 0) is 6.42 Å². The summed E-state index contributed by atoms with van der Waals surface area (Å²) in [6.07, 6.45) is 3.37. The van der Waals surface area contributed by atoms with E-state index in [0.29, 0.717) is 16.0 Å². The number of fused-ring (bicyclic) bond motifs is 1. The fourth-order valence-corrected chi connectivity index (χ4v) is 4.70. The van der Waals surface area contributed by atoms with E-state index < -0.39 is 0 Å². The summed E-state index contributed by atoms with van der Waals surface area (Å²) >= 11 is 11.1. The molecule has 1 aliphatic rings. The van der Waals surface area contributed by atoms with E-state index in [1.165, 1.54) is 10.4 Å². The summed E-state index contributed by atoms with van der Waals surface area (Å²) < 4.78 is 15.2. The van der Waals surface area contributed by atoms with Crippen LogP contribution >= 0.6 is 38.9 Å². The number of nitrogens with one attached hydrogen (secondary N) is 1. The molecule has 0 amide bonds. The van der Waals surface area contributed by atoms with Crippen LogP contribution in [0.15, 0.2) is 28.1 Å². The van der Waals surface area contributed by atoms with E-state index in [4.69, 9.17) is 11.6 Å². The molecule has 1 heterocycles. The summed E-state index contributed by atoms with van der Waals surface area (Å²) in [5.41, 5.74) is 2.01. The maximum Gasteiger partial charge on any atom is 0.147 e. The molecule has 112 valence electrons. The van der Waals surface area contributed by atoms with E-state index in [-0.39, 0.29) is 16.9 Å². The van der Waals surface area contributed by atoms with Gasteiger partial charge in [-0.1, -0.05) is 17.7 Å². The molecule has 3 rings (SSSR count). The Morgan fingerprint density at radius 2 is 2.24 bits per heavy atom. The zero-order chi connectivity index (χ0) is 15.0. The lowest BCUT2D eigenvalue weighted by atomic mass is 9.80. The molecular formula is C16H16BrClFNS. The first kappa shape index (κ1) is 15.5. The first-order chi connectivity index (χ1) is 10.1. The predicted octanol–water partition coefficient (Wildman–Crippen LogP) is 5.68. The molecule has 0 saturated carbocycles. The molecule has 1 nitrogen and oxygen atoms in total. The summed E-state index contributed by atoms with van der Waals surface area (Å²) in [7, 11) is 1.89. The van der Waals surface area contributed by atoms with Gasteiger partial charge < -0.3 is 5.32 Å². The highest BCUT2D eigenvalue weighted by Gasteiger charge is 2.31. The average Bonchev–Trinajstić information content (AvgIpc) is 2.97. The average molecular weight is 389 g/mol. The number of hydrogen-bond donors (Lipinski definition) is 1. The van der Waals surface area contributed by atoms with Gasteiger partial charge in [-0.05, 0) is 65.3 Å². The Bertz CT molecular complexity index is 658. The molecule has 1 aliphatic carbocycles. The van der Waals surface area contributed by atoms with E-state index in [1.807, 2.05) is 19.2 Å². The van der Waals surface area contributed by atoms with Crippen molar-refractivity contribution < 1.29 is 4.39 Å². The largest absolute Gasteiger partial charge is 0.312 e. The Balaban J connectivity index is 2.03. The van der Waals surface area contributed by atoms with Gasteiger partial charge in [-0.15, -0.1) is 11.3 Å². The van der Waals surface area contributed by atoms with Crippen molar-refractivity contribution in [2.45, 2.75) is 31.2 Å². The monoisotopic (exact) mass is 387 g/mol. The third-order valence-corrected chi connectivity index (χ3v) is 6.47. The van der Waals surface area contributed by atoms with Crippen molar-refractivity contribution in [2.75, 3.05) is 7.05 Å². The number of thiophene rings is 1. The molecule has 0 bridgehead atoms. The highest BCUT2D eigenvalue weighted by molar-refractivity contribution is 9.10. The third-order valence-electron chi connectivity index (χ3n) is 4.21. The molecule has 0 saturated heterocycles. The maximum atomic E-state index is 14.6. The topological polar surface area (TPSA) is 12.0 Å². The van der Waals surface area contributed by atoms with Gasteiger partial charge in [0.1, 0.15) is 5.82 Å². The van der Waals surface area contributed by atoms with Gasteiger partial charge in [-0.25, -0.2) is 4.39 Å². The van der Waals surface area contributed by atoms with E-state index in [2.05, 4.69) is 32.7 Å². The Labute approximate surface area is 141 Å². The summed E-state index contributed by atoms with van der Waals surface area (Å²) in [6, 6.07) is 5.78. The van der Waals surface area contributed by atoms with Crippen LogP contribution in [-0.4, -0.2) is 7.05 Å². The molecule has 1 N–H and O–H groups in total. The van der Waals surface area contributed by atoms with Crippen molar-refractivity contribution in [1.29, 1.82) is 0 Å². The second-order valence-corrected chi connectivity index (χ2v) is 7.56. The molecule has 2 unspecified atom stereocenters. The molecule has 1 aromatic carbocycles. The van der Waals surface area contributed by atoms with E-state index in [0.717, 1.165) is 19.3 Å². The molecule has 0 radical (unpaired) electrons. The van der Waals surface area contributed by atoms with Gasteiger partial charge in [0.15, 0.2) is 0 Å². The van der Waals surface area contributed by atoms with Gasteiger partial charge in [-0.2, -0.15) is 0 Å². The first-order valence-corrected chi connectivity index (χ1v) is 9.05. The molecule has 0 fully saturated rings. The van der Waals surface area contributed by atoms with Gasteiger partial charge in [0.2, 0.25) is 0 Å². The minimum atomic E-state index is -0.326. The molecule has 2 aromatic rings. The van der Waals surface area contributed by atoms with Crippen LogP contribution in [0, 0.1) is 5.82 Å². The van der Waals surface area contributed by atoms with Gasteiger partial charge in [-0.3, -0.25) is 0 Å². The minimum Gasteiger partial charge on any atom is -0.312 e. The van der Waals surface area contributed by atoms with Crippen LogP contribution in [0.3, 0.4) is 0 Å². The second kappa shape index (κ2) is 6.37. The van der Waals surface area contributed by atoms with E-state index in [9.17, 15) is 4.39 Å². The molecule has 5 heteroatoms. The van der Waals surface area contributed by atoms with Crippen LogP contribution in [0.5, 0.6) is 0 Å². The Morgan fingerprint density at radius 1 is 1.43 bits per heavy atom. The first-order valence-electron chi connectivity index (χ1n) is 7.00. The number of halogens is 3. The van der Waals surface area contributed by atoms with E-state index >= 15 is 0 Å². The number of aryl methyl sites for hydroxylation is 1. The predicted molar refractivity (Wildman–Crippen MR) is 90.9 cm³/mol. The van der Waals surface area contributed by atoms with Gasteiger partial charge >= 0.3 is 0 Å². The number of hydrogen-bond acceptors (Lipinski definition) is 2. The van der Waals surface area contributed by atoms with Crippen LogP contribution in [0.1, 0.15) is 40.8 Å². The van der Waals surface area contributed by atoms with Crippen molar-refractivity contribution in [3.63, 3.8) is 0 Å². The lowest BCUT2D eigenvalue weighted by Crippen LogP contribution is -2.27. The van der Waals surface area contributed by atoms with Gasteiger partial charge in [0.05, 0.1) is 5.02 Å². The highest BCUT2D eigenvalue weighted by Crippen LogP contribution is 2.43. The fourth-order valence-electron chi connectivity index (χ4n) is 3.22. The SMILES string of the molecule is CNC(c1ccc(Br)c(Cl)c1F)C1CCCc2sccc21. The van der Waals surface area contributed by atoms with Crippen LogP contribution in [0.25, 0.3) is 0 Å². The highest BCUT2D eigenvalue weighted by atomic mass is 79.9. The van der Waals surface area contributed by atoms with Crippen LogP contribution in [0.4, 0.5) is 4.39 Å². The summed E-state index contributed by atoms with van der Waals surface area (Å²) in [6.45, 7) is 0. The van der Waals surface area contributed by atoms with Crippen molar-refractivity contribution in [3.8, 4) is 0 Å². The molecule has 2 atom stereocenters. The lowest BCUT2D eigenvalue weighted by molar-refractivity contribution is 0.414. The molecular weight excluding hydrogens is 373 g/mol. The minimum absolute atomic E-state index is 0.0516. The third kappa shape index (κ3) is 2.79. The van der Waals surface area contributed by atoms with Crippen molar-refractivity contribution in [2.24, 2.45) is 0 Å². The molecule has 1 aromatic heterocycles. The van der Waals surface area contributed by atoms with Crippen LogP contribution in [0.2, 0.25) is 5.02 Å². The Hall–Kier alpha value is -0.420. The Kier molecular flexibility index (Phi) is 4.69. The van der Waals surface area contributed by atoms with Gasteiger partial charge in [0, 0.05) is 26.9 Å². The molecule has 0 spiro atoms. The number of likely N-dealkylation sites (N-methyl/N-ethyl adjacent to an activating group) is 1. The zero-order valence-corrected chi connectivity index (χ0v) is 14.8. The summed E-state index contributed by atoms with van der Waals surface area (Å²) in [5, 5.41) is 5.60. The fraction of sp³-hybridized carbons (Fsp3) is 0.375. The standard InChI is InChI=1S/C16H16BrClFNS/c1-20-16(11-5-6-12(17)14(18)15(11)19)10-3-2-4-13-9(10)7-8-21-13/h5-8,10,16,20H,2-4H2,1H3. The van der Waals surface area contributed by atoms with Crippen molar-refractivity contribution in [3.05, 3.63) is 54.9 Å².